The van der Waals surface area contributed by atoms with Crippen LogP contribution in [0.4, 0.5) is 8.78 Å². The van der Waals surface area contributed by atoms with Crippen molar-refractivity contribution in [1.29, 1.82) is 0 Å². The van der Waals surface area contributed by atoms with E-state index >= 15 is 0 Å². The average Bonchev–Trinajstić information content (AvgIpc) is 2.94. The SMILES string of the molecule is O=C(Cn1cccnc1=O)N1CC[C@@](O)(CN2CCC(F)(F)CC2)C1. The number of aromatic nitrogens is 2. The van der Waals surface area contributed by atoms with E-state index < -0.39 is 17.2 Å². The number of hydrogen-bond acceptors (Lipinski definition) is 5. The first-order chi connectivity index (χ1) is 11.8. The van der Waals surface area contributed by atoms with E-state index in [0.29, 0.717) is 13.0 Å². The van der Waals surface area contributed by atoms with Gasteiger partial charge in [-0.15, -0.1) is 0 Å². The summed E-state index contributed by atoms with van der Waals surface area (Å²) in [6.07, 6.45) is 2.85. The van der Waals surface area contributed by atoms with Crippen molar-refractivity contribution in [2.24, 2.45) is 0 Å². The van der Waals surface area contributed by atoms with Gasteiger partial charge in [-0.05, 0) is 12.5 Å². The first kappa shape index (κ1) is 17.9. The van der Waals surface area contributed by atoms with Gasteiger partial charge in [0.1, 0.15) is 6.54 Å². The van der Waals surface area contributed by atoms with Crippen LogP contribution in [0.3, 0.4) is 0 Å². The number of carbonyl (C=O) groups is 1. The van der Waals surface area contributed by atoms with Gasteiger partial charge in [0.25, 0.3) is 5.92 Å². The number of rotatable bonds is 4. The summed E-state index contributed by atoms with van der Waals surface area (Å²) in [6.45, 7) is 1.17. The number of hydrogen-bond donors (Lipinski definition) is 1. The molecule has 7 nitrogen and oxygen atoms in total. The predicted octanol–water partition coefficient (Wildman–Crippen LogP) is -0.0622. The molecule has 1 amide bonds. The van der Waals surface area contributed by atoms with Crippen LogP contribution in [0.25, 0.3) is 0 Å². The molecule has 9 heteroatoms. The molecular weight excluding hydrogens is 334 g/mol. The molecule has 1 aromatic heterocycles. The maximum atomic E-state index is 13.2. The fraction of sp³-hybridized carbons (Fsp3) is 0.688. The largest absolute Gasteiger partial charge is 0.387 e. The average molecular weight is 356 g/mol. The Morgan fingerprint density at radius 3 is 2.64 bits per heavy atom. The Labute approximate surface area is 143 Å². The van der Waals surface area contributed by atoms with E-state index in [4.69, 9.17) is 0 Å². The fourth-order valence-corrected chi connectivity index (χ4v) is 3.41. The number of amides is 1. The van der Waals surface area contributed by atoms with E-state index in [0.717, 1.165) is 0 Å². The highest BCUT2D eigenvalue weighted by Gasteiger charge is 2.42. The molecule has 2 aliphatic rings. The standard InChI is InChI=1S/C16H22F2N4O3/c17-16(18)3-7-20(8-4-16)11-15(25)2-9-22(12-15)13(23)10-21-6-1-5-19-14(21)24/h1,5-6,25H,2-4,7-12H2/t15-/m1/s1. The number of nitrogens with zero attached hydrogens (tertiary/aromatic N) is 4. The summed E-state index contributed by atoms with van der Waals surface area (Å²) in [5.74, 6) is -2.88. The number of aliphatic hydroxyl groups is 1. The van der Waals surface area contributed by atoms with Crippen molar-refractivity contribution in [2.45, 2.75) is 37.3 Å². The van der Waals surface area contributed by atoms with Crippen LogP contribution in [-0.2, 0) is 11.3 Å². The van der Waals surface area contributed by atoms with Crippen LogP contribution in [0.2, 0.25) is 0 Å². The Morgan fingerprint density at radius 2 is 1.96 bits per heavy atom. The van der Waals surface area contributed by atoms with Gasteiger partial charge >= 0.3 is 5.69 Å². The van der Waals surface area contributed by atoms with Crippen LogP contribution in [0.1, 0.15) is 19.3 Å². The Kier molecular flexibility index (Phi) is 4.88. The lowest BCUT2D eigenvalue weighted by molar-refractivity contribution is -0.132. The third kappa shape index (κ3) is 4.40. The second-order valence-corrected chi connectivity index (χ2v) is 6.95. The summed E-state index contributed by atoms with van der Waals surface area (Å²) < 4.78 is 27.7. The minimum Gasteiger partial charge on any atom is -0.387 e. The zero-order chi connectivity index (χ0) is 18.1. The van der Waals surface area contributed by atoms with Crippen molar-refractivity contribution < 1.29 is 18.7 Å². The van der Waals surface area contributed by atoms with Crippen LogP contribution in [0, 0.1) is 0 Å². The van der Waals surface area contributed by atoms with Crippen molar-refractivity contribution in [2.75, 3.05) is 32.7 Å². The van der Waals surface area contributed by atoms with Gasteiger partial charge in [0.15, 0.2) is 0 Å². The molecule has 0 unspecified atom stereocenters. The van der Waals surface area contributed by atoms with Gasteiger partial charge < -0.3 is 10.0 Å². The first-order valence-corrected chi connectivity index (χ1v) is 8.38. The van der Waals surface area contributed by atoms with Crippen molar-refractivity contribution in [3.63, 3.8) is 0 Å². The van der Waals surface area contributed by atoms with Crippen molar-refractivity contribution in [1.82, 2.24) is 19.4 Å². The molecule has 2 saturated heterocycles. The Hall–Kier alpha value is -1.87. The van der Waals surface area contributed by atoms with Gasteiger partial charge in [0, 0.05) is 51.4 Å². The zero-order valence-corrected chi connectivity index (χ0v) is 13.9. The number of alkyl halides is 2. The van der Waals surface area contributed by atoms with Crippen LogP contribution >= 0.6 is 0 Å². The van der Waals surface area contributed by atoms with Crippen LogP contribution in [0.15, 0.2) is 23.3 Å². The summed E-state index contributed by atoms with van der Waals surface area (Å²) in [4.78, 5) is 30.9. The molecular formula is C16H22F2N4O3. The summed E-state index contributed by atoms with van der Waals surface area (Å²) in [5.41, 5.74) is -1.60. The highest BCUT2D eigenvalue weighted by atomic mass is 19.3. The van der Waals surface area contributed by atoms with E-state index in [-0.39, 0.29) is 51.5 Å². The number of halogens is 2. The molecule has 0 spiro atoms. The molecule has 1 atom stereocenters. The molecule has 3 heterocycles. The summed E-state index contributed by atoms with van der Waals surface area (Å²) in [5, 5.41) is 10.7. The molecule has 3 rings (SSSR count). The number of carbonyl (C=O) groups excluding carboxylic acids is 1. The quantitative estimate of drug-likeness (QED) is 0.818. The van der Waals surface area contributed by atoms with Crippen molar-refractivity contribution in [3.8, 4) is 0 Å². The molecule has 2 aliphatic heterocycles. The van der Waals surface area contributed by atoms with Crippen molar-refractivity contribution in [3.05, 3.63) is 28.9 Å². The second kappa shape index (κ2) is 6.80. The Bertz CT molecular complexity index is 686. The van der Waals surface area contributed by atoms with Crippen molar-refractivity contribution >= 4 is 5.91 Å². The first-order valence-electron chi connectivity index (χ1n) is 8.38. The van der Waals surface area contributed by atoms with E-state index in [1.54, 1.807) is 6.07 Å². The van der Waals surface area contributed by atoms with Gasteiger partial charge in [0.2, 0.25) is 5.91 Å². The number of piperidine rings is 1. The van der Waals surface area contributed by atoms with E-state index in [9.17, 15) is 23.5 Å². The van der Waals surface area contributed by atoms with Gasteiger partial charge in [0.05, 0.1) is 12.1 Å². The summed E-state index contributed by atoms with van der Waals surface area (Å²) >= 11 is 0. The topological polar surface area (TPSA) is 78.7 Å². The number of likely N-dealkylation sites (tertiary alicyclic amines) is 2. The molecule has 25 heavy (non-hydrogen) atoms. The molecule has 0 saturated carbocycles. The smallest absolute Gasteiger partial charge is 0.347 e. The molecule has 1 aromatic rings. The van der Waals surface area contributed by atoms with Crippen LogP contribution in [-0.4, -0.2) is 74.6 Å². The molecule has 0 aliphatic carbocycles. The zero-order valence-electron chi connectivity index (χ0n) is 13.9. The van der Waals surface area contributed by atoms with Gasteiger partial charge in [-0.1, -0.05) is 0 Å². The monoisotopic (exact) mass is 356 g/mol. The maximum Gasteiger partial charge on any atom is 0.347 e. The van der Waals surface area contributed by atoms with Crippen LogP contribution < -0.4 is 5.69 Å². The third-order valence-electron chi connectivity index (χ3n) is 4.88. The fourth-order valence-electron chi connectivity index (χ4n) is 3.41. The second-order valence-electron chi connectivity index (χ2n) is 6.95. The highest BCUT2D eigenvalue weighted by Crippen LogP contribution is 2.30. The lowest BCUT2D eigenvalue weighted by atomic mass is 10.00. The lowest BCUT2D eigenvalue weighted by Gasteiger charge is -2.36. The third-order valence-corrected chi connectivity index (χ3v) is 4.88. The molecule has 0 aromatic carbocycles. The molecule has 0 bridgehead atoms. The van der Waals surface area contributed by atoms with E-state index in [2.05, 4.69) is 4.98 Å². The minimum absolute atomic E-state index is 0.126. The maximum absolute atomic E-state index is 13.2. The normalized spacial score (nSPS) is 26.8. The summed E-state index contributed by atoms with van der Waals surface area (Å²) in [6, 6.07) is 1.57. The van der Waals surface area contributed by atoms with Gasteiger partial charge in [-0.3, -0.25) is 14.3 Å². The molecule has 138 valence electrons. The van der Waals surface area contributed by atoms with Crippen LogP contribution in [0.5, 0.6) is 0 Å². The predicted molar refractivity (Wildman–Crippen MR) is 85.3 cm³/mol. The minimum atomic E-state index is -2.62. The summed E-state index contributed by atoms with van der Waals surface area (Å²) in [7, 11) is 0. The lowest BCUT2D eigenvalue weighted by Crippen LogP contribution is -2.50. The molecule has 2 fully saturated rings. The highest BCUT2D eigenvalue weighted by molar-refractivity contribution is 5.76. The molecule has 0 radical (unpaired) electrons. The Balaban J connectivity index is 1.54. The van der Waals surface area contributed by atoms with E-state index in [1.807, 2.05) is 4.90 Å². The van der Waals surface area contributed by atoms with E-state index in [1.165, 1.54) is 21.9 Å². The molecule has 1 N–H and O–H groups in total. The number of β-amino-alcohol motifs (C(OH)–C–C–N with tert-alkyl or cyclic N) is 1. The van der Waals surface area contributed by atoms with Gasteiger partial charge in [-0.25, -0.2) is 18.6 Å². The Morgan fingerprint density at radius 1 is 1.24 bits per heavy atom. The van der Waals surface area contributed by atoms with Gasteiger partial charge in [-0.2, -0.15) is 0 Å².